The van der Waals surface area contributed by atoms with Crippen LogP contribution in [0.25, 0.3) is 5.65 Å². The second-order valence-electron chi connectivity index (χ2n) is 7.01. The number of rotatable bonds is 8. The molecule has 0 aromatic carbocycles. The van der Waals surface area contributed by atoms with Crippen LogP contribution in [-0.4, -0.2) is 32.8 Å². The first kappa shape index (κ1) is 22.1. The highest BCUT2D eigenvalue weighted by Crippen LogP contribution is 2.19. The monoisotopic (exact) mass is 400 g/mol. The van der Waals surface area contributed by atoms with Gasteiger partial charge in [-0.15, -0.1) is 0 Å². The first-order chi connectivity index (χ1) is 13.6. The van der Waals surface area contributed by atoms with Crippen LogP contribution in [0.15, 0.2) is 36.8 Å². The SMILES string of the molecule is CCC(C)C.CCCNc1cc(NCc2cccnc2)n2ncc(PC)c2n1. The van der Waals surface area contributed by atoms with Crippen molar-refractivity contribution < 1.29 is 0 Å². The number of nitrogens with zero attached hydrogens (tertiary/aromatic N) is 4. The summed E-state index contributed by atoms with van der Waals surface area (Å²) in [6.45, 7) is 12.5. The van der Waals surface area contributed by atoms with Crippen LogP contribution in [0, 0.1) is 5.92 Å². The third-order valence-electron chi connectivity index (χ3n) is 4.31. The van der Waals surface area contributed by atoms with Gasteiger partial charge < -0.3 is 10.6 Å². The van der Waals surface area contributed by atoms with Crippen LogP contribution in [0.2, 0.25) is 0 Å². The summed E-state index contributed by atoms with van der Waals surface area (Å²) in [5.74, 6) is 2.70. The molecule has 0 aliphatic carbocycles. The highest BCUT2D eigenvalue weighted by molar-refractivity contribution is 7.46. The van der Waals surface area contributed by atoms with Crippen molar-refractivity contribution in [1.82, 2.24) is 19.6 Å². The molecule has 0 spiro atoms. The summed E-state index contributed by atoms with van der Waals surface area (Å²) in [6.07, 6.45) is 7.92. The van der Waals surface area contributed by atoms with Crippen molar-refractivity contribution in [2.75, 3.05) is 23.8 Å². The van der Waals surface area contributed by atoms with E-state index in [1.54, 1.807) is 6.20 Å². The first-order valence-corrected chi connectivity index (χ1v) is 11.5. The van der Waals surface area contributed by atoms with E-state index in [1.807, 2.05) is 29.0 Å². The average molecular weight is 401 g/mol. The molecule has 2 N–H and O–H groups in total. The topological polar surface area (TPSA) is 67.1 Å². The van der Waals surface area contributed by atoms with Crippen LogP contribution in [0.5, 0.6) is 0 Å². The van der Waals surface area contributed by atoms with Crippen LogP contribution < -0.4 is 15.9 Å². The van der Waals surface area contributed by atoms with E-state index < -0.39 is 0 Å². The Kier molecular flexibility index (Phi) is 9.15. The second-order valence-corrected chi connectivity index (χ2v) is 8.05. The van der Waals surface area contributed by atoms with Gasteiger partial charge in [0.05, 0.1) is 6.20 Å². The molecule has 0 saturated heterocycles. The van der Waals surface area contributed by atoms with Crippen molar-refractivity contribution >= 4 is 31.2 Å². The van der Waals surface area contributed by atoms with Gasteiger partial charge >= 0.3 is 0 Å². The van der Waals surface area contributed by atoms with Crippen LogP contribution >= 0.6 is 8.58 Å². The fourth-order valence-corrected chi connectivity index (χ4v) is 2.88. The van der Waals surface area contributed by atoms with E-state index in [1.165, 1.54) is 11.7 Å². The summed E-state index contributed by atoms with van der Waals surface area (Å²) in [6, 6.07) is 6.00. The fraction of sp³-hybridized carbons (Fsp3) is 0.476. The van der Waals surface area contributed by atoms with Gasteiger partial charge in [0.25, 0.3) is 0 Å². The first-order valence-electron chi connectivity index (χ1n) is 10.0. The van der Waals surface area contributed by atoms with Gasteiger partial charge in [0, 0.05) is 36.9 Å². The molecule has 0 saturated carbocycles. The number of anilines is 2. The van der Waals surface area contributed by atoms with Crippen LogP contribution in [-0.2, 0) is 6.54 Å². The van der Waals surface area contributed by atoms with Gasteiger partial charge in [0.2, 0.25) is 0 Å². The third-order valence-corrected chi connectivity index (χ3v) is 5.20. The summed E-state index contributed by atoms with van der Waals surface area (Å²) < 4.78 is 1.87. The molecule has 1 unspecified atom stereocenters. The molecule has 0 amide bonds. The van der Waals surface area contributed by atoms with Gasteiger partial charge in [-0.3, -0.25) is 4.98 Å². The summed E-state index contributed by atoms with van der Waals surface area (Å²) in [5, 5.41) is 12.5. The lowest BCUT2D eigenvalue weighted by atomic mass is 10.2. The average Bonchev–Trinajstić information content (AvgIpc) is 3.14. The van der Waals surface area contributed by atoms with E-state index in [4.69, 9.17) is 4.98 Å². The van der Waals surface area contributed by atoms with E-state index in [-0.39, 0.29) is 0 Å². The van der Waals surface area contributed by atoms with Crippen molar-refractivity contribution in [2.45, 2.75) is 47.1 Å². The second kappa shape index (κ2) is 11.6. The number of pyridine rings is 1. The van der Waals surface area contributed by atoms with Crippen molar-refractivity contribution in [3.8, 4) is 0 Å². The van der Waals surface area contributed by atoms with E-state index in [0.29, 0.717) is 15.1 Å². The van der Waals surface area contributed by atoms with Crippen molar-refractivity contribution in [2.24, 2.45) is 5.92 Å². The van der Waals surface area contributed by atoms with E-state index in [9.17, 15) is 0 Å². The Bertz CT molecular complexity index is 832. The molecule has 6 nitrogen and oxygen atoms in total. The Labute approximate surface area is 170 Å². The smallest absolute Gasteiger partial charge is 0.167 e. The van der Waals surface area contributed by atoms with Gasteiger partial charge in [-0.2, -0.15) is 9.61 Å². The quantitative estimate of drug-likeness (QED) is 0.543. The van der Waals surface area contributed by atoms with E-state index >= 15 is 0 Å². The minimum absolute atomic E-state index is 0.667. The largest absolute Gasteiger partial charge is 0.370 e. The molecular formula is C21H33N6P. The van der Waals surface area contributed by atoms with Crippen LogP contribution in [0.1, 0.15) is 46.1 Å². The normalized spacial score (nSPS) is 11.1. The molecule has 152 valence electrons. The molecular weight excluding hydrogens is 367 g/mol. The zero-order valence-corrected chi connectivity index (χ0v) is 18.7. The lowest BCUT2D eigenvalue weighted by Gasteiger charge is -2.12. The Morgan fingerprint density at radius 1 is 1.18 bits per heavy atom. The van der Waals surface area contributed by atoms with E-state index in [0.717, 1.165) is 41.7 Å². The molecule has 3 heterocycles. The molecule has 0 bridgehead atoms. The van der Waals surface area contributed by atoms with Gasteiger partial charge in [0.15, 0.2) is 5.65 Å². The standard InChI is InChI=1S/C16H21N6P.C5H12/c1-3-6-18-14-8-15(19-10-12-5-4-7-17-9-12)22-16(21-14)13(23-2)11-20-22;1-4-5(2)3/h4-5,7-9,11,19,23H,3,6,10H2,1-2H3,(H,18,21);5H,4H2,1-3H3. The van der Waals surface area contributed by atoms with Crippen LogP contribution in [0.3, 0.4) is 0 Å². The maximum Gasteiger partial charge on any atom is 0.167 e. The molecule has 3 aromatic rings. The summed E-state index contributed by atoms with van der Waals surface area (Å²) >= 11 is 0. The predicted octanol–water partition coefficient (Wildman–Crippen LogP) is 4.54. The molecule has 0 radical (unpaired) electrons. The Morgan fingerprint density at radius 2 is 1.96 bits per heavy atom. The molecule has 1 atom stereocenters. The number of aromatic nitrogens is 4. The highest BCUT2D eigenvalue weighted by atomic mass is 31.1. The third kappa shape index (κ3) is 6.45. The zero-order chi connectivity index (χ0) is 20.4. The molecule has 3 aromatic heterocycles. The maximum atomic E-state index is 4.70. The Balaban J connectivity index is 0.000000500. The van der Waals surface area contributed by atoms with Gasteiger partial charge in [0.1, 0.15) is 11.6 Å². The zero-order valence-electron chi connectivity index (χ0n) is 17.7. The molecule has 7 heteroatoms. The number of hydrogen-bond acceptors (Lipinski definition) is 5. The van der Waals surface area contributed by atoms with Crippen molar-refractivity contribution in [1.29, 1.82) is 0 Å². The number of fused-ring (bicyclic) bond motifs is 1. The van der Waals surface area contributed by atoms with Crippen molar-refractivity contribution in [3.63, 3.8) is 0 Å². The minimum Gasteiger partial charge on any atom is -0.370 e. The van der Waals surface area contributed by atoms with Crippen LogP contribution in [0.4, 0.5) is 11.6 Å². The molecule has 3 rings (SSSR count). The Morgan fingerprint density at radius 3 is 2.57 bits per heavy atom. The fourth-order valence-electron chi connectivity index (χ4n) is 2.30. The maximum absolute atomic E-state index is 4.70. The summed E-state index contributed by atoms with van der Waals surface area (Å²) in [4.78, 5) is 8.85. The summed E-state index contributed by atoms with van der Waals surface area (Å²) in [5.41, 5.74) is 2.05. The lowest BCUT2D eigenvalue weighted by Crippen LogP contribution is -2.10. The highest BCUT2D eigenvalue weighted by Gasteiger charge is 2.10. The van der Waals surface area contributed by atoms with Crippen molar-refractivity contribution in [3.05, 3.63) is 42.4 Å². The van der Waals surface area contributed by atoms with Gasteiger partial charge in [-0.1, -0.05) is 48.8 Å². The van der Waals surface area contributed by atoms with E-state index in [2.05, 4.69) is 61.1 Å². The molecule has 0 aliphatic heterocycles. The molecule has 0 aliphatic rings. The van der Waals surface area contributed by atoms with Gasteiger partial charge in [-0.05, 0) is 30.6 Å². The Hall–Kier alpha value is -2.20. The summed E-state index contributed by atoms with van der Waals surface area (Å²) in [7, 11) is 0.667. The molecule has 0 fully saturated rings. The van der Waals surface area contributed by atoms with Gasteiger partial charge in [-0.25, -0.2) is 4.98 Å². The predicted molar refractivity (Wildman–Crippen MR) is 122 cm³/mol. The molecule has 28 heavy (non-hydrogen) atoms. The number of nitrogens with one attached hydrogen (secondary N) is 2. The minimum atomic E-state index is 0.667. The lowest BCUT2D eigenvalue weighted by molar-refractivity contribution is 0.626. The number of hydrogen-bond donors (Lipinski definition) is 2.